The van der Waals surface area contributed by atoms with Crippen LogP contribution in [0, 0.1) is 0 Å². The molecule has 1 N–H and O–H groups in total. The molecular formula is C22H22N2O4S. The smallest absolute Gasteiger partial charge is 0.307 e. The van der Waals surface area contributed by atoms with Gasteiger partial charge in [-0.25, -0.2) is 4.98 Å². The molecule has 0 spiro atoms. The monoisotopic (exact) mass is 410 g/mol. The van der Waals surface area contributed by atoms with Gasteiger partial charge in [-0.1, -0.05) is 30.3 Å². The Kier molecular flexibility index (Phi) is 6.97. The fourth-order valence-electron chi connectivity index (χ4n) is 2.79. The van der Waals surface area contributed by atoms with Gasteiger partial charge in [0, 0.05) is 10.9 Å². The minimum absolute atomic E-state index is 0.0438. The van der Waals surface area contributed by atoms with Gasteiger partial charge in [-0.2, -0.15) is 0 Å². The standard InChI is InChI=1S/C22H22N2O4S/c1-3-28-17-11-9-16(10-12-17)22-24-19(14-29-22)21(26)23-18(13-20(25)27-2)15-7-5-4-6-8-15/h4-12,14,18H,3,13H2,1-2H3,(H,23,26). The highest BCUT2D eigenvalue weighted by molar-refractivity contribution is 7.13. The fraction of sp³-hybridized carbons (Fsp3) is 0.227. The summed E-state index contributed by atoms with van der Waals surface area (Å²) in [5.41, 5.74) is 2.05. The lowest BCUT2D eigenvalue weighted by Crippen LogP contribution is -2.30. The molecule has 7 heteroatoms. The maximum absolute atomic E-state index is 12.7. The second-order valence-corrected chi connectivity index (χ2v) is 7.07. The molecule has 1 amide bonds. The van der Waals surface area contributed by atoms with E-state index < -0.39 is 12.0 Å². The first-order chi connectivity index (χ1) is 14.1. The highest BCUT2D eigenvalue weighted by atomic mass is 32.1. The molecule has 1 unspecified atom stereocenters. The van der Waals surface area contributed by atoms with Crippen molar-refractivity contribution in [2.75, 3.05) is 13.7 Å². The first-order valence-electron chi connectivity index (χ1n) is 9.22. The molecule has 1 aromatic heterocycles. The molecule has 0 aliphatic carbocycles. The van der Waals surface area contributed by atoms with E-state index in [1.54, 1.807) is 5.38 Å². The number of methoxy groups -OCH3 is 1. The number of nitrogens with one attached hydrogen (secondary N) is 1. The van der Waals surface area contributed by atoms with Crippen molar-refractivity contribution in [3.63, 3.8) is 0 Å². The summed E-state index contributed by atoms with van der Waals surface area (Å²) in [7, 11) is 1.33. The number of thiazole rings is 1. The summed E-state index contributed by atoms with van der Waals surface area (Å²) in [6.45, 7) is 2.54. The molecule has 6 nitrogen and oxygen atoms in total. The van der Waals surface area contributed by atoms with Crippen LogP contribution in [0.2, 0.25) is 0 Å². The lowest BCUT2D eigenvalue weighted by Gasteiger charge is -2.17. The minimum Gasteiger partial charge on any atom is -0.494 e. The quantitative estimate of drug-likeness (QED) is 0.562. The Hall–Kier alpha value is -3.19. The average Bonchev–Trinajstić information content (AvgIpc) is 3.25. The zero-order valence-electron chi connectivity index (χ0n) is 16.3. The summed E-state index contributed by atoms with van der Waals surface area (Å²) in [4.78, 5) is 29.0. The van der Waals surface area contributed by atoms with Gasteiger partial charge in [0.05, 0.1) is 26.2 Å². The van der Waals surface area contributed by atoms with Crippen molar-refractivity contribution < 1.29 is 19.1 Å². The zero-order valence-corrected chi connectivity index (χ0v) is 17.1. The fourth-order valence-corrected chi connectivity index (χ4v) is 3.60. The van der Waals surface area contributed by atoms with E-state index >= 15 is 0 Å². The van der Waals surface area contributed by atoms with Crippen LogP contribution in [0.25, 0.3) is 10.6 Å². The topological polar surface area (TPSA) is 77.5 Å². The van der Waals surface area contributed by atoms with E-state index in [0.717, 1.165) is 21.9 Å². The van der Waals surface area contributed by atoms with Gasteiger partial charge in [-0.15, -0.1) is 11.3 Å². The summed E-state index contributed by atoms with van der Waals surface area (Å²) in [6.07, 6.45) is 0.0438. The molecule has 29 heavy (non-hydrogen) atoms. The second-order valence-electron chi connectivity index (χ2n) is 6.21. The Bertz CT molecular complexity index is 954. The molecular weight excluding hydrogens is 388 g/mol. The Morgan fingerprint density at radius 3 is 2.48 bits per heavy atom. The Balaban J connectivity index is 1.74. The lowest BCUT2D eigenvalue weighted by molar-refractivity contribution is -0.141. The summed E-state index contributed by atoms with van der Waals surface area (Å²) in [5, 5.41) is 5.34. The van der Waals surface area contributed by atoms with Crippen LogP contribution >= 0.6 is 11.3 Å². The normalized spacial score (nSPS) is 11.5. The van der Waals surface area contributed by atoms with Gasteiger partial charge in [-0.3, -0.25) is 9.59 Å². The van der Waals surface area contributed by atoms with Crippen LogP contribution in [0.3, 0.4) is 0 Å². The van der Waals surface area contributed by atoms with Gasteiger partial charge in [0.2, 0.25) is 0 Å². The van der Waals surface area contributed by atoms with Gasteiger partial charge in [-0.05, 0) is 36.8 Å². The summed E-state index contributed by atoms with van der Waals surface area (Å²) in [5.74, 6) is 0.0583. The Morgan fingerprint density at radius 2 is 1.83 bits per heavy atom. The molecule has 1 atom stereocenters. The van der Waals surface area contributed by atoms with Crippen molar-refractivity contribution in [1.29, 1.82) is 0 Å². The highest BCUT2D eigenvalue weighted by Crippen LogP contribution is 2.26. The second kappa shape index (κ2) is 9.84. The molecule has 0 aliphatic rings. The van der Waals surface area contributed by atoms with E-state index in [-0.39, 0.29) is 12.3 Å². The third-order valence-corrected chi connectivity index (χ3v) is 5.15. The average molecular weight is 410 g/mol. The van der Waals surface area contributed by atoms with Gasteiger partial charge in [0.1, 0.15) is 16.5 Å². The van der Waals surface area contributed by atoms with Crippen molar-refractivity contribution in [2.45, 2.75) is 19.4 Å². The number of esters is 1. The minimum atomic E-state index is -0.494. The van der Waals surface area contributed by atoms with Crippen LogP contribution in [-0.4, -0.2) is 30.6 Å². The van der Waals surface area contributed by atoms with Crippen LogP contribution in [0.5, 0.6) is 5.75 Å². The number of carbonyl (C=O) groups is 2. The van der Waals surface area contributed by atoms with Crippen molar-refractivity contribution >= 4 is 23.2 Å². The third-order valence-electron chi connectivity index (χ3n) is 4.25. The summed E-state index contributed by atoms with van der Waals surface area (Å²) >= 11 is 1.39. The van der Waals surface area contributed by atoms with Gasteiger partial charge >= 0.3 is 5.97 Å². The van der Waals surface area contributed by atoms with Crippen LogP contribution in [0.4, 0.5) is 0 Å². The van der Waals surface area contributed by atoms with E-state index in [0.29, 0.717) is 12.3 Å². The lowest BCUT2D eigenvalue weighted by atomic mass is 10.0. The van der Waals surface area contributed by atoms with E-state index in [2.05, 4.69) is 10.3 Å². The molecule has 150 valence electrons. The highest BCUT2D eigenvalue weighted by Gasteiger charge is 2.21. The van der Waals surface area contributed by atoms with Crippen molar-refractivity contribution in [3.05, 3.63) is 71.2 Å². The number of carbonyl (C=O) groups excluding carboxylic acids is 2. The van der Waals surface area contributed by atoms with E-state index in [1.165, 1.54) is 18.4 Å². The SMILES string of the molecule is CCOc1ccc(-c2nc(C(=O)NC(CC(=O)OC)c3ccccc3)cs2)cc1. The molecule has 0 fully saturated rings. The predicted molar refractivity (Wildman–Crippen MR) is 112 cm³/mol. The summed E-state index contributed by atoms with van der Waals surface area (Å²) in [6, 6.07) is 16.4. The third kappa shape index (κ3) is 5.42. The van der Waals surface area contributed by atoms with Crippen molar-refractivity contribution in [3.8, 4) is 16.3 Å². The maximum Gasteiger partial charge on any atom is 0.307 e. The first-order valence-corrected chi connectivity index (χ1v) is 10.1. The molecule has 0 saturated carbocycles. The predicted octanol–water partition coefficient (Wildman–Crippen LogP) is 4.24. The van der Waals surface area contributed by atoms with Gasteiger partial charge < -0.3 is 14.8 Å². The Morgan fingerprint density at radius 1 is 1.10 bits per heavy atom. The maximum atomic E-state index is 12.7. The van der Waals surface area contributed by atoms with E-state index in [9.17, 15) is 9.59 Å². The number of ether oxygens (including phenoxy) is 2. The Labute approximate surface area is 173 Å². The van der Waals surface area contributed by atoms with Crippen molar-refractivity contribution in [2.24, 2.45) is 0 Å². The van der Waals surface area contributed by atoms with Crippen LogP contribution in [0.15, 0.2) is 60.0 Å². The number of hydrogen-bond donors (Lipinski definition) is 1. The molecule has 3 aromatic rings. The van der Waals surface area contributed by atoms with Gasteiger partial charge in [0.15, 0.2) is 0 Å². The molecule has 1 heterocycles. The number of benzene rings is 2. The molecule has 0 saturated heterocycles. The van der Waals surface area contributed by atoms with E-state index in [4.69, 9.17) is 9.47 Å². The molecule has 0 aliphatic heterocycles. The molecule has 0 radical (unpaired) electrons. The van der Waals surface area contributed by atoms with Crippen LogP contribution < -0.4 is 10.1 Å². The van der Waals surface area contributed by atoms with Crippen molar-refractivity contribution in [1.82, 2.24) is 10.3 Å². The molecule has 2 aromatic carbocycles. The zero-order chi connectivity index (χ0) is 20.6. The number of rotatable bonds is 8. The van der Waals surface area contributed by atoms with Crippen LogP contribution in [-0.2, 0) is 9.53 Å². The number of aromatic nitrogens is 1. The molecule has 3 rings (SSSR count). The van der Waals surface area contributed by atoms with Gasteiger partial charge in [0.25, 0.3) is 5.91 Å². The number of amides is 1. The summed E-state index contributed by atoms with van der Waals surface area (Å²) < 4.78 is 10.2. The molecule has 0 bridgehead atoms. The number of hydrogen-bond acceptors (Lipinski definition) is 6. The largest absolute Gasteiger partial charge is 0.494 e. The van der Waals surface area contributed by atoms with Crippen LogP contribution in [0.1, 0.15) is 35.4 Å². The first kappa shape index (κ1) is 20.5. The van der Waals surface area contributed by atoms with E-state index in [1.807, 2.05) is 61.5 Å². The number of nitrogens with zero attached hydrogens (tertiary/aromatic N) is 1.